The van der Waals surface area contributed by atoms with Crippen LogP contribution in [0, 0.1) is 16.0 Å². The molecule has 0 aliphatic rings. The third kappa shape index (κ3) is 6.56. The molecule has 0 aliphatic heterocycles. The van der Waals surface area contributed by atoms with Crippen LogP contribution in [0.3, 0.4) is 0 Å². The van der Waals surface area contributed by atoms with E-state index in [1.54, 1.807) is 19.1 Å². The Morgan fingerprint density at radius 3 is 2.41 bits per heavy atom. The second-order valence-electron chi connectivity index (χ2n) is 10.3. The van der Waals surface area contributed by atoms with Gasteiger partial charge in [-0.25, -0.2) is 4.79 Å². The number of fused-ring (bicyclic) bond motifs is 5. The zero-order valence-corrected chi connectivity index (χ0v) is 24.1. The highest BCUT2D eigenvalue weighted by molar-refractivity contribution is 6.24. The first-order valence-corrected chi connectivity index (χ1v) is 14.3. The summed E-state index contributed by atoms with van der Waals surface area (Å²) in [6, 6.07) is 14.9. The van der Waals surface area contributed by atoms with E-state index in [2.05, 4.69) is 23.6 Å². The lowest BCUT2D eigenvalue weighted by atomic mass is 9.95. The molecule has 0 saturated heterocycles. The molecule has 9 heteroatoms. The van der Waals surface area contributed by atoms with Crippen molar-refractivity contribution in [1.29, 1.82) is 0 Å². The number of nitro benzene ring substituents is 1. The van der Waals surface area contributed by atoms with Crippen molar-refractivity contribution < 1.29 is 24.1 Å². The molecule has 41 heavy (non-hydrogen) atoms. The van der Waals surface area contributed by atoms with Gasteiger partial charge in [0, 0.05) is 59.3 Å². The van der Waals surface area contributed by atoms with Gasteiger partial charge in [0.1, 0.15) is 0 Å². The standard InChI is InChI=1S/C32H37N3O6/c1-5-8-11-22(6-2)20-34-30-16-14-23(35(38)39)18-27(30)28-19-26(24-12-9-10-13-25(24)32(28)34)29(33-41-21(4)36)15-17-31(37)40-7-3/h9-10,12-14,16,18-19,22H,5-8,11,15,17,20H2,1-4H3. The van der Waals surface area contributed by atoms with Crippen LogP contribution in [0.5, 0.6) is 0 Å². The Bertz CT molecular complexity index is 1620. The van der Waals surface area contributed by atoms with Crippen LogP contribution in [0.15, 0.2) is 53.7 Å². The van der Waals surface area contributed by atoms with E-state index < -0.39 is 5.97 Å². The zero-order chi connectivity index (χ0) is 29.5. The quantitative estimate of drug-likeness (QED) is 0.0546. The maximum absolute atomic E-state index is 12.2. The average molecular weight is 560 g/mol. The summed E-state index contributed by atoms with van der Waals surface area (Å²) in [5.74, 6) is -0.500. The van der Waals surface area contributed by atoms with E-state index in [0.717, 1.165) is 64.8 Å². The first-order valence-electron chi connectivity index (χ1n) is 14.3. The van der Waals surface area contributed by atoms with Gasteiger partial charge in [-0.1, -0.05) is 62.5 Å². The van der Waals surface area contributed by atoms with Crippen molar-refractivity contribution in [3.63, 3.8) is 0 Å². The van der Waals surface area contributed by atoms with Crippen LogP contribution >= 0.6 is 0 Å². The Balaban J connectivity index is 2.02. The number of nitro groups is 1. The van der Waals surface area contributed by atoms with Gasteiger partial charge < -0.3 is 14.1 Å². The summed E-state index contributed by atoms with van der Waals surface area (Å²) in [5, 5.41) is 19.4. The number of esters is 1. The maximum atomic E-state index is 12.2. The molecular formula is C32H37N3O6. The first kappa shape index (κ1) is 29.7. The molecule has 0 bridgehead atoms. The minimum absolute atomic E-state index is 0.0143. The Labute approximate surface area is 239 Å². The smallest absolute Gasteiger partial charge is 0.331 e. The van der Waals surface area contributed by atoms with Crippen molar-refractivity contribution in [1.82, 2.24) is 4.57 Å². The average Bonchev–Trinajstić information content (AvgIpc) is 3.27. The molecule has 4 rings (SSSR count). The molecule has 1 aromatic heterocycles. The van der Waals surface area contributed by atoms with Gasteiger partial charge in [-0.2, -0.15) is 0 Å². The predicted octanol–water partition coefficient (Wildman–Crippen LogP) is 7.68. The van der Waals surface area contributed by atoms with Gasteiger partial charge in [0.2, 0.25) is 0 Å². The number of hydrogen-bond donors (Lipinski definition) is 0. The van der Waals surface area contributed by atoms with E-state index in [1.807, 2.05) is 36.4 Å². The predicted molar refractivity (Wildman–Crippen MR) is 161 cm³/mol. The van der Waals surface area contributed by atoms with Crippen LogP contribution < -0.4 is 0 Å². The first-order chi connectivity index (χ1) is 19.8. The second kappa shape index (κ2) is 13.4. The lowest BCUT2D eigenvalue weighted by Crippen LogP contribution is -2.12. The van der Waals surface area contributed by atoms with Crippen molar-refractivity contribution >= 4 is 55.9 Å². The van der Waals surface area contributed by atoms with Crippen LogP contribution in [0.4, 0.5) is 5.69 Å². The van der Waals surface area contributed by atoms with Gasteiger partial charge in [-0.05, 0) is 36.8 Å². The van der Waals surface area contributed by atoms with E-state index in [-0.39, 0.29) is 36.0 Å². The van der Waals surface area contributed by atoms with Gasteiger partial charge in [0.25, 0.3) is 5.69 Å². The SMILES string of the molecule is CCCCC(CC)Cn1c2ccc([N+](=O)[O-])cc2c2cc(C(CCC(=O)OCC)=NOC(C)=O)c3ccccc3c21. The van der Waals surface area contributed by atoms with E-state index in [0.29, 0.717) is 17.2 Å². The highest BCUT2D eigenvalue weighted by atomic mass is 16.7. The Morgan fingerprint density at radius 1 is 1.00 bits per heavy atom. The fraction of sp³-hybridized carbons (Fsp3) is 0.406. The van der Waals surface area contributed by atoms with E-state index >= 15 is 0 Å². The van der Waals surface area contributed by atoms with Crippen LogP contribution in [0.25, 0.3) is 32.6 Å². The Hall–Kier alpha value is -4.27. The van der Waals surface area contributed by atoms with Gasteiger partial charge in [0.05, 0.1) is 29.2 Å². The second-order valence-corrected chi connectivity index (χ2v) is 10.3. The van der Waals surface area contributed by atoms with Gasteiger partial charge in [0.15, 0.2) is 0 Å². The number of non-ortho nitro benzene ring substituents is 1. The van der Waals surface area contributed by atoms with Crippen molar-refractivity contribution in [3.8, 4) is 0 Å². The molecule has 9 nitrogen and oxygen atoms in total. The van der Waals surface area contributed by atoms with Crippen molar-refractivity contribution in [2.24, 2.45) is 11.1 Å². The minimum Gasteiger partial charge on any atom is -0.466 e. The third-order valence-corrected chi connectivity index (χ3v) is 7.51. The lowest BCUT2D eigenvalue weighted by Gasteiger charge is -2.18. The van der Waals surface area contributed by atoms with Gasteiger partial charge in [-0.3, -0.25) is 14.9 Å². The normalized spacial score (nSPS) is 12.6. The van der Waals surface area contributed by atoms with Crippen LogP contribution in [0.1, 0.15) is 71.8 Å². The number of benzene rings is 3. The molecule has 3 aromatic carbocycles. The molecule has 0 saturated carbocycles. The topological polar surface area (TPSA) is 113 Å². The summed E-state index contributed by atoms with van der Waals surface area (Å²) in [5.41, 5.74) is 3.05. The third-order valence-electron chi connectivity index (χ3n) is 7.51. The number of oxime groups is 1. The van der Waals surface area contributed by atoms with Crippen molar-refractivity contribution in [3.05, 3.63) is 64.2 Å². The van der Waals surface area contributed by atoms with Crippen LogP contribution in [-0.4, -0.2) is 33.7 Å². The molecule has 0 aliphatic carbocycles. The summed E-state index contributed by atoms with van der Waals surface area (Å²) >= 11 is 0. The zero-order valence-electron chi connectivity index (χ0n) is 24.1. The number of aromatic nitrogens is 1. The Morgan fingerprint density at radius 2 is 1.76 bits per heavy atom. The molecule has 0 amide bonds. The molecule has 1 atom stereocenters. The van der Waals surface area contributed by atoms with Crippen molar-refractivity contribution in [2.45, 2.75) is 72.8 Å². The number of unbranched alkanes of at least 4 members (excludes halogenated alkanes) is 1. The fourth-order valence-electron chi connectivity index (χ4n) is 5.47. The van der Waals surface area contributed by atoms with Crippen LogP contribution in [0.2, 0.25) is 0 Å². The van der Waals surface area contributed by atoms with Gasteiger partial charge in [-0.15, -0.1) is 0 Å². The maximum Gasteiger partial charge on any atom is 0.331 e. The minimum atomic E-state index is -0.575. The summed E-state index contributed by atoms with van der Waals surface area (Å²) < 4.78 is 7.41. The molecule has 1 heterocycles. The molecule has 1 unspecified atom stereocenters. The molecule has 216 valence electrons. The molecule has 0 fully saturated rings. The monoisotopic (exact) mass is 559 g/mol. The number of ether oxygens (including phenoxy) is 1. The number of nitrogens with zero attached hydrogens (tertiary/aromatic N) is 3. The molecule has 0 spiro atoms. The lowest BCUT2D eigenvalue weighted by molar-refractivity contribution is -0.384. The summed E-state index contributed by atoms with van der Waals surface area (Å²) in [6.07, 6.45) is 4.64. The van der Waals surface area contributed by atoms with Crippen LogP contribution in [-0.2, 0) is 25.7 Å². The Kier molecular flexibility index (Phi) is 9.70. The fourth-order valence-corrected chi connectivity index (χ4v) is 5.47. The highest BCUT2D eigenvalue weighted by Crippen LogP contribution is 2.39. The molecule has 4 aromatic rings. The number of carbonyl (C=O) groups excluding carboxylic acids is 2. The van der Waals surface area contributed by atoms with E-state index in [9.17, 15) is 19.7 Å². The van der Waals surface area contributed by atoms with Crippen molar-refractivity contribution in [2.75, 3.05) is 6.61 Å². The highest BCUT2D eigenvalue weighted by Gasteiger charge is 2.22. The van der Waals surface area contributed by atoms with E-state index in [1.165, 1.54) is 6.92 Å². The molecule has 0 N–H and O–H groups in total. The molecule has 0 radical (unpaired) electrons. The summed E-state index contributed by atoms with van der Waals surface area (Å²) in [6.45, 7) is 8.46. The number of rotatable bonds is 13. The summed E-state index contributed by atoms with van der Waals surface area (Å²) in [4.78, 5) is 40.4. The molecular weight excluding hydrogens is 522 g/mol. The largest absolute Gasteiger partial charge is 0.466 e. The van der Waals surface area contributed by atoms with Gasteiger partial charge >= 0.3 is 11.9 Å². The number of carbonyl (C=O) groups is 2. The summed E-state index contributed by atoms with van der Waals surface area (Å²) in [7, 11) is 0. The number of hydrogen-bond acceptors (Lipinski definition) is 7. The van der Waals surface area contributed by atoms with E-state index in [4.69, 9.17) is 9.57 Å².